The first-order chi connectivity index (χ1) is 7.92. The molecule has 0 unspecified atom stereocenters. The van der Waals surface area contributed by atoms with E-state index in [1.807, 2.05) is 0 Å². The van der Waals surface area contributed by atoms with Crippen molar-refractivity contribution in [2.45, 2.75) is 19.4 Å². The predicted octanol–water partition coefficient (Wildman–Crippen LogP) is 2.68. The number of benzene rings is 1. The average Bonchev–Trinajstić information content (AvgIpc) is 2.23. The zero-order valence-corrected chi connectivity index (χ0v) is 10.7. The zero-order valence-electron chi connectivity index (χ0n) is 9.96. The highest BCUT2D eigenvalue weighted by molar-refractivity contribution is 6.31. The van der Waals surface area contributed by atoms with Gasteiger partial charge in [-0.25, -0.2) is 4.39 Å². The van der Waals surface area contributed by atoms with Gasteiger partial charge in [0.25, 0.3) is 0 Å². The van der Waals surface area contributed by atoms with E-state index < -0.39 is 5.82 Å². The zero-order chi connectivity index (χ0) is 12.6. The third-order valence-electron chi connectivity index (χ3n) is 3.01. The van der Waals surface area contributed by atoms with Crippen LogP contribution in [0.4, 0.5) is 15.8 Å². The number of hydrogen-bond donors (Lipinski definition) is 1. The molecule has 17 heavy (non-hydrogen) atoms. The number of halogens is 2. The van der Waals surface area contributed by atoms with E-state index in [9.17, 15) is 4.39 Å². The molecule has 0 amide bonds. The molecule has 0 aromatic heterocycles. The maximum Gasteiger partial charge on any atom is 0.143 e. The van der Waals surface area contributed by atoms with Crippen LogP contribution in [0.25, 0.3) is 0 Å². The summed E-state index contributed by atoms with van der Waals surface area (Å²) in [5.74, 6) is -0.487. The van der Waals surface area contributed by atoms with E-state index in [2.05, 4.69) is 18.7 Å². The quantitative estimate of drug-likeness (QED) is 0.787. The largest absolute Gasteiger partial charge is 0.397 e. The summed E-state index contributed by atoms with van der Waals surface area (Å²) >= 11 is 5.81. The first-order valence-corrected chi connectivity index (χ1v) is 5.89. The van der Waals surface area contributed by atoms with Crippen molar-refractivity contribution >= 4 is 23.0 Å². The van der Waals surface area contributed by atoms with E-state index in [0.29, 0.717) is 18.9 Å². The monoisotopic (exact) mass is 258 g/mol. The lowest BCUT2D eigenvalue weighted by Gasteiger charge is -2.44. The van der Waals surface area contributed by atoms with Crippen molar-refractivity contribution in [3.63, 3.8) is 0 Å². The molecule has 1 aromatic rings. The van der Waals surface area contributed by atoms with Crippen LogP contribution in [0.1, 0.15) is 13.8 Å². The fourth-order valence-electron chi connectivity index (χ4n) is 2.09. The Bertz CT molecular complexity index is 437. The Kier molecular flexibility index (Phi) is 3.19. The van der Waals surface area contributed by atoms with Crippen molar-refractivity contribution < 1.29 is 9.13 Å². The molecule has 1 saturated heterocycles. The summed E-state index contributed by atoms with van der Waals surface area (Å²) in [6.07, 6.45) is 0. The van der Waals surface area contributed by atoms with Crippen LogP contribution in [0.15, 0.2) is 12.1 Å². The Morgan fingerprint density at radius 1 is 1.47 bits per heavy atom. The molecule has 2 N–H and O–H groups in total. The molecule has 0 radical (unpaired) electrons. The van der Waals surface area contributed by atoms with Crippen LogP contribution in [0.2, 0.25) is 5.02 Å². The summed E-state index contributed by atoms with van der Waals surface area (Å²) < 4.78 is 18.7. The van der Waals surface area contributed by atoms with Crippen molar-refractivity contribution in [3.05, 3.63) is 23.0 Å². The van der Waals surface area contributed by atoms with E-state index in [-0.39, 0.29) is 10.6 Å². The van der Waals surface area contributed by atoms with Gasteiger partial charge in [-0.2, -0.15) is 0 Å². The number of rotatable bonds is 1. The summed E-state index contributed by atoms with van der Waals surface area (Å²) in [6, 6.07) is 2.85. The number of anilines is 2. The summed E-state index contributed by atoms with van der Waals surface area (Å²) in [5, 5.41) is 0.0940. The van der Waals surface area contributed by atoms with Crippen LogP contribution < -0.4 is 10.6 Å². The van der Waals surface area contributed by atoms with Gasteiger partial charge in [-0.05, 0) is 19.9 Å². The van der Waals surface area contributed by atoms with Crippen molar-refractivity contribution in [2.75, 3.05) is 30.4 Å². The van der Waals surface area contributed by atoms with Crippen molar-refractivity contribution in [1.29, 1.82) is 0 Å². The first kappa shape index (κ1) is 12.5. The van der Waals surface area contributed by atoms with Gasteiger partial charge in [-0.1, -0.05) is 11.6 Å². The molecule has 5 heteroatoms. The molecule has 0 atom stereocenters. The van der Waals surface area contributed by atoms with Gasteiger partial charge in [0, 0.05) is 12.6 Å². The molecule has 0 aliphatic carbocycles. The molecule has 1 fully saturated rings. The van der Waals surface area contributed by atoms with Gasteiger partial charge < -0.3 is 15.4 Å². The first-order valence-electron chi connectivity index (χ1n) is 5.52. The molecular formula is C12H16ClFN2O. The molecule has 0 saturated carbocycles. The third kappa shape index (κ3) is 2.33. The van der Waals surface area contributed by atoms with Crippen LogP contribution in [0, 0.1) is 5.82 Å². The second-order valence-electron chi connectivity index (χ2n) is 4.84. The van der Waals surface area contributed by atoms with Crippen molar-refractivity contribution in [1.82, 2.24) is 0 Å². The normalized spacial score (nSPS) is 19.4. The Morgan fingerprint density at radius 2 is 2.18 bits per heavy atom. The SMILES string of the molecule is CC1(C)COCCN1c1cc(Cl)c(F)cc1N. The van der Waals surface area contributed by atoms with E-state index in [4.69, 9.17) is 22.1 Å². The molecule has 0 bridgehead atoms. The summed E-state index contributed by atoms with van der Waals surface area (Å²) in [7, 11) is 0. The van der Waals surface area contributed by atoms with E-state index in [0.717, 1.165) is 12.2 Å². The lowest BCUT2D eigenvalue weighted by Crippen LogP contribution is -2.53. The van der Waals surface area contributed by atoms with Crippen LogP contribution >= 0.6 is 11.6 Å². The van der Waals surface area contributed by atoms with E-state index in [1.54, 1.807) is 6.07 Å². The van der Waals surface area contributed by atoms with E-state index >= 15 is 0 Å². The van der Waals surface area contributed by atoms with Crippen LogP contribution in [0.5, 0.6) is 0 Å². The van der Waals surface area contributed by atoms with Gasteiger partial charge in [-0.3, -0.25) is 0 Å². The summed E-state index contributed by atoms with van der Waals surface area (Å²) in [5.41, 5.74) is 6.86. The van der Waals surface area contributed by atoms with Gasteiger partial charge in [-0.15, -0.1) is 0 Å². The van der Waals surface area contributed by atoms with Crippen LogP contribution in [-0.2, 0) is 4.74 Å². The fourth-order valence-corrected chi connectivity index (χ4v) is 2.25. The lowest BCUT2D eigenvalue weighted by molar-refractivity contribution is 0.0645. The van der Waals surface area contributed by atoms with Gasteiger partial charge in [0.05, 0.1) is 35.2 Å². The predicted molar refractivity (Wildman–Crippen MR) is 68.1 cm³/mol. The summed E-state index contributed by atoms with van der Waals surface area (Å²) in [4.78, 5) is 2.11. The standard InChI is InChI=1S/C12H16ClFN2O/c1-12(2)7-17-4-3-16(12)11-5-8(13)9(14)6-10(11)15/h5-6H,3-4,7,15H2,1-2H3. The molecule has 1 aliphatic rings. The Morgan fingerprint density at radius 3 is 2.82 bits per heavy atom. The average molecular weight is 259 g/mol. The Labute approximate surface area is 105 Å². The molecule has 1 aromatic carbocycles. The number of nitrogens with two attached hydrogens (primary N) is 1. The molecule has 3 nitrogen and oxygen atoms in total. The molecule has 2 rings (SSSR count). The van der Waals surface area contributed by atoms with Gasteiger partial charge in [0.2, 0.25) is 0 Å². The minimum atomic E-state index is -0.487. The molecule has 1 heterocycles. The smallest absolute Gasteiger partial charge is 0.143 e. The fraction of sp³-hybridized carbons (Fsp3) is 0.500. The molecular weight excluding hydrogens is 243 g/mol. The highest BCUT2D eigenvalue weighted by Crippen LogP contribution is 2.34. The second kappa shape index (κ2) is 4.35. The second-order valence-corrected chi connectivity index (χ2v) is 5.25. The molecule has 1 aliphatic heterocycles. The highest BCUT2D eigenvalue weighted by atomic mass is 35.5. The topological polar surface area (TPSA) is 38.5 Å². The van der Waals surface area contributed by atoms with Crippen LogP contribution in [0.3, 0.4) is 0 Å². The molecule has 0 spiro atoms. The Hall–Kier alpha value is -1.00. The maximum absolute atomic E-state index is 13.3. The van der Waals surface area contributed by atoms with Crippen molar-refractivity contribution in [3.8, 4) is 0 Å². The number of morpholine rings is 1. The number of nitrogens with zero attached hydrogens (tertiary/aromatic N) is 1. The maximum atomic E-state index is 13.3. The number of hydrogen-bond acceptors (Lipinski definition) is 3. The minimum Gasteiger partial charge on any atom is -0.397 e. The highest BCUT2D eigenvalue weighted by Gasteiger charge is 2.32. The van der Waals surface area contributed by atoms with Gasteiger partial charge in [0.1, 0.15) is 5.82 Å². The van der Waals surface area contributed by atoms with Crippen LogP contribution in [-0.4, -0.2) is 25.3 Å². The van der Waals surface area contributed by atoms with Gasteiger partial charge >= 0.3 is 0 Å². The van der Waals surface area contributed by atoms with Gasteiger partial charge in [0.15, 0.2) is 0 Å². The number of nitrogen functional groups attached to an aromatic ring is 1. The summed E-state index contributed by atoms with van der Waals surface area (Å²) in [6.45, 7) is 6.09. The van der Waals surface area contributed by atoms with E-state index in [1.165, 1.54) is 6.07 Å². The molecule has 94 valence electrons. The Balaban J connectivity index is 2.42. The lowest BCUT2D eigenvalue weighted by atomic mass is 10.0. The number of ether oxygens (including phenoxy) is 1. The van der Waals surface area contributed by atoms with Crippen molar-refractivity contribution in [2.24, 2.45) is 0 Å². The minimum absolute atomic E-state index is 0.0940. The third-order valence-corrected chi connectivity index (χ3v) is 3.30.